The molecule has 0 radical (unpaired) electrons. The van der Waals surface area contributed by atoms with Crippen LogP contribution in [0.25, 0.3) is 0 Å². The van der Waals surface area contributed by atoms with Crippen LogP contribution in [0, 0.1) is 11.8 Å². The molecule has 3 rings (SSSR count). The maximum Gasteiger partial charge on any atom is 0.225 e. The zero-order valence-electron chi connectivity index (χ0n) is 11.9. The lowest BCUT2D eigenvalue weighted by Crippen LogP contribution is -2.51. The molecule has 4 nitrogen and oxygen atoms in total. The van der Waals surface area contributed by atoms with Crippen molar-refractivity contribution in [3.05, 3.63) is 0 Å². The summed E-state index contributed by atoms with van der Waals surface area (Å²) in [6.45, 7) is 7.10. The Bertz CT molecular complexity index is 303. The van der Waals surface area contributed by atoms with Gasteiger partial charge in [0.1, 0.15) is 0 Å². The molecule has 0 unspecified atom stereocenters. The average Bonchev–Trinajstić information content (AvgIpc) is 2.88. The number of piperazine rings is 1. The van der Waals surface area contributed by atoms with Gasteiger partial charge in [0.15, 0.2) is 0 Å². The molecule has 0 aromatic heterocycles. The van der Waals surface area contributed by atoms with Crippen LogP contribution in [0.4, 0.5) is 0 Å². The van der Waals surface area contributed by atoms with Gasteiger partial charge in [-0.3, -0.25) is 9.69 Å². The van der Waals surface area contributed by atoms with Gasteiger partial charge in [0.2, 0.25) is 5.91 Å². The molecule has 0 aromatic carbocycles. The molecule has 0 bridgehead atoms. The molecule has 4 heteroatoms. The molecule has 3 fully saturated rings. The van der Waals surface area contributed by atoms with Crippen LogP contribution in [-0.2, 0) is 9.53 Å². The summed E-state index contributed by atoms with van der Waals surface area (Å²) >= 11 is 0. The number of carbonyl (C=O) groups excluding carboxylic acids is 1. The average molecular weight is 266 g/mol. The quantitative estimate of drug-likeness (QED) is 0.770. The zero-order valence-corrected chi connectivity index (χ0v) is 11.9. The molecular formula is C15H26N2O2. The second-order valence-electron chi connectivity index (χ2n) is 6.31. The Morgan fingerprint density at radius 3 is 2.47 bits per heavy atom. The van der Waals surface area contributed by atoms with Gasteiger partial charge in [-0.15, -0.1) is 0 Å². The Morgan fingerprint density at radius 2 is 1.89 bits per heavy atom. The van der Waals surface area contributed by atoms with Crippen molar-refractivity contribution in [2.45, 2.75) is 32.1 Å². The van der Waals surface area contributed by atoms with Crippen molar-refractivity contribution in [3.63, 3.8) is 0 Å². The highest BCUT2D eigenvalue weighted by molar-refractivity contribution is 5.79. The van der Waals surface area contributed by atoms with Crippen LogP contribution < -0.4 is 0 Å². The summed E-state index contributed by atoms with van der Waals surface area (Å²) in [7, 11) is 0. The SMILES string of the molecule is O=C(C1CCC1)N1CCN(CC[C@H]2CCOC2)CC1. The smallest absolute Gasteiger partial charge is 0.225 e. The van der Waals surface area contributed by atoms with E-state index in [9.17, 15) is 4.79 Å². The fourth-order valence-corrected chi connectivity index (χ4v) is 3.28. The van der Waals surface area contributed by atoms with E-state index in [1.54, 1.807) is 0 Å². The monoisotopic (exact) mass is 266 g/mol. The first-order chi connectivity index (χ1) is 9.33. The minimum atomic E-state index is 0.363. The predicted octanol–water partition coefficient (Wildman–Crippen LogP) is 1.36. The Labute approximate surface area is 116 Å². The summed E-state index contributed by atoms with van der Waals surface area (Å²) < 4.78 is 5.42. The molecule has 1 atom stereocenters. The third kappa shape index (κ3) is 3.29. The third-order valence-corrected chi connectivity index (χ3v) is 5.02. The molecule has 2 heterocycles. The lowest BCUT2D eigenvalue weighted by Gasteiger charge is -2.38. The first-order valence-electron chi connectivity index (χ1n) is 7.92. The van der Waals surface area contributed by atoms with Gasteiger partial charge in [-0.25, -0.2) is 0 Å². The fourth-order valence-electron chi connectivity index (χ4n) is 3.28. The normalized spacial score (nSPS) is 29.5. The predicted molar refractivity (Wildman–Crippen MR) is 73.9 cm³/mol. The zero-order chi connectivity index (χ0) is 13.1. The van der Waals surface area contributed by atoms with E-state index in [1.807, 2.05) is 0 Å². The van der Waals surface area contributed by atoms with E-state index in [2.05, 4.69) is 9.80 Å². The van der Waals surface area contributed by atoms with Crippen LogP contribution in [0.2, 0.25) is 0 Å². The summed E-state index contributed by atoms with van der Waals surface area (Å²) in [4.78, 5) is 16.8. The van der Waals surface area contributed by atoms with Crippen molar-refractivity contribution in [3.8, 4) is 0 Å². The molecule has 1 saturated carbocycles. The topological polar surface area (TPSA) is 32.8 Å². The third-order valence-electron chi connectivity index (χ3n) is 5.02. The van der Waals surface area contributed by atoms with Gasteiger partial charge in [0.05, 0.1) is 0 Å². The molecular weight excluding hydrogens is 240 g/mol. The van der Waals surface area contributed by atoms with Crippen molar-refractivity contribution in [1.82, 2.24) is 9.80 Å². The largest absolute Gasteiger partial charge is 0.381 e. The summed E-state index contributed by atoms with van der Waals surface area (Å²) in [5, 5.41) is 0. The Kier molecular flexibility index (Phi) is 4.38. The van der Waals surface area contributed by atoms with Crippen LogP contribution in [-0.4, -0.2) is 61.6 Å². The number of rotatable bonds is 4. The van der Waals surface area contributed by atoms with E-state index in [0.717, 1.165) is 58.2 Å². The maximum atomic E-state index is 12.1. The van der Waals surface area contributed by atoms with Crippen molar-refractivity contribution in [2.75, 3.05) is 45.9 Å². The van der Waals surface area contributed by atoms with E-state index in [4.69, 9.17) is 4.74 Å². The summed E-state index contributed by atoms with van der Waals surface area (Å²) in [5.74, 6) is 1.56. The molecule has 19 heavy (non-hydrogen) atoms. The Balaban J connectivity index is 1.35. The molecule has 0 spiro atoms. The van der Waals surface area contributed by atoms with Gasteiger partial charge < -0.3 is 9.64 Å². The van der Waals surface area contributed by atoms with Crippen molar-refractivity contribution < 1.29 is 9.53 Å². The fraction of sp³-hybridized carbons (Fsp3) is 0.933. The van der Waals surface area contributed by atoms with Crippen molar-refractivity contribution in [1.29, 1.82) is 0 Å². The highest BCUT2D eigenvalue weighted by Gasteiger charge is 2.31. The molecule has 0 N–H and O–H groups in total. The van der Waals surface area contributed by atoms with Crippen LogP contribution in [0.5, 0.6) is 0 Å². The van der Waals surface area contributed by atoms with E-state index in [-0.39, 0.29) is 0 Å². The van der Waals surface area contributed by atoms with Crippen LogP contribution in [0.3, 0.4) is 0 Å². The van der Waals surface area contributed by atoms with E-state index in [0.29, 0.717) is 11.8 Å². The number of nitrogens with zero attached hydrogens (tertiary/aromatic N) is 2. The Hall–Kier alpha value is -0.610. The molecule has 0 aromatic rings. The number of ether oxygens (including phenoxy) is 1. The molecule has 1 amide bonds. The van der Waals surface area contributed by atoms with E-state index in [1.165, 1.54) is 25.8 Å². The lowest BCUT2D eigenvalue weighted by atomic mass is 9.84. The van der Waals surface area contributed by atoms with Gasteiger partial charge in [-0.2, -0.15) is 0 Å². The minimum Gasteiger partial charge on any atom is -0.381 e. The molecule has 108 valence electrons. The van der Waals surface area contributed by atoms with Gasteiger partial charge in [0.25, 0.3) is 0 Å². The van der Waals surface area contributed by atoms with Gasteiger partial charge in [-0.05, 0) is 38.1 Å². The van der Waals surface area contributed by atoms with E-state index >= 15 is 0 Å². The van der Waals surface area contributed by atoms with Gasteiger partial charge >= 0.3 is 0 Å². The number of hydrogen-bond donors (Lipinski definition) is 0. The number of hydrogen-bond acceptors (Lipinski definition) is 3. The summed E-state index contributed by atoms with van der Waals surface area (Å²) in [6, 6.07) is 0. The second-order valence-corrected chi connectivity index (χ2v) is 6.31. The highest BCUT2D eigenvalue weighted by Crippen LogP contribution is 2.28. The van der Waals surface area contributed by atoms with Crippen LogP contribution >= 0.6 is 0 Å². The summed E-state index contributed by atoms with van der Waals surface area (Å²) in [6.07, 6.45) is 6.00. The van der Waals surface area contributed by atoms with Crippen LogP contribution in [0.15, 0.2) is 0 Å². The van der Waals surface area contributed by atoms with Gasteiger partial charge in [-0.1, -0.05) is 6.42 Å². The second kappa shape index (κ2) is 6.23. The van der Waals surface area contributed by atoms with Crippen molar-refractivity contribution >= 4 is 5.91 Å². The summed E-state index contributed by atoms with van der Waals surface area (Å²) in [5.41, 5.74) is 0. The van der Waals surface area contributed by atoms with E-state index < -0.39 is 0 Å². The number of amides is 1. The van der Waals surface area contributed by atoms with Gasteiger partial charge in [0, 0.05) is 45.3 Å². The Morgan fingerprint density at radius 1 is 1.11 bits per heavy atom. The molecule has 3 aliphatic rings. The number of carbonyl (C=O) groups is 1. The highest BCUT2D eigenvalue weighted by atomic mass is 16.5. The molecule has 1 aliphatic carbocycles. The van der Waals surface area contributed by atoms with Crippen LogP contribution in [0.1, 0.15) is 32.1 Å². The lowest BCUT2D eigenvalue weighted by molar-refractivity contribution is -0.139. The van der Waals surface area contributed by atoms with Crippen molar-refractivity contribution in [2.24, 2.45) is 11.8 Å². The standard InChI is InChI=1S/C15H26N2O2/c18-15(14-2-1-3-14)17-9-7-16(8-10-17)6-4-13-5-11-19-12-13/h13-14H,1-12H2/t13-/m0/s1. The maximum absolute atomic E-state index is 12.1. The minimum absolute atomic E-state index is 0.363. The first kappa shape index (κ1) is 13.4. The first-order valence-corrected chi connectivity index (χ1v) is 7.92. The molecule has 2 saturated heterocycles. The molecule has 2 aliphatic heterocycles.